The SMILES string of the molecule is Nc1nc2ccccc2cc1CN(CC1CC1)CC1CC1. The van der Waals surface area contributed by atoms with Crippen LogP contribution < -0.4 is 5.73 Å². The maximum Gasteiger partial charge on any atom is 0.128 e. The first-order valence-electron chi connectivity index (χ1n) is 8.14. The number of benzene rings is 1. The standard InChI is InChI=1S/C18H23N3/c19-18-16(9-15-3-1-2-4-17(15)20-18)12-21(10-13-5-6-13)11-14-7-8-14/h1-4,9,13-14H,5-8,10-12H2,(H2,19,20). The van der Waals surface area contributed by atoms with E-state index in [9.17, 15) is 0 Å². The van der Waals surface area contributed by atoms with Gasteiger partial charge in [0.25, 0.3) is 0 Å². The van der Waals surface area contributed by atoms with Gasteiger partial charge in [-0.15, -0.1) is 0 Å². The number of aromatic nitrogens is 1. The van der Waals surface area contributed by atoms with Gasteiger partial charge in [-0.3, -0.25) is 4.90 Å². The van der Waals surface area contributed by atoms with Gasteiger partial charge in [0.05, 0.1) is 5.52 Å². The third kappa shape index (κ3) is 3.18. The number of pyridine rings is 1. The lowest BCUT2D eigenvalue weighted by atomic mass is 10.1. The molecule has 0 atom stereocenters. The van der Waals surface area contributed by atoms with Crippen LogP contribution in [-0.4, -0.2) is 23.0 Å². The second kappa shape index (κ2) is 5.30. The molecule has 3 heteroatoms. The maximum absolute atomic E-state index is 6.19. The molecule has 4 rings (SSSR count). The summed E-state index contributed by atoms with van der Waals surface area (Å²) in [6, 6.07) is 10.5. The predicted molar refractivity (Wildman–Crippen MR) is 86.9 cm³/mol. The van der Waals surface area contributed by atoms with E-state index in [1.807, 2.05) is 12.1 Å². The fraction of sp³-hybridized carbons (Fsp3) is 0.500. The Labute approximate surface area is 126 Å². The van der Waals surface area contributed by atoms with Gasteiger partial charge in [0.15, 0.2) is 0 Å². The normalized spacial score (nSPS) is 18.5. The lowest BCUT2D eigenvalue weighted by molar-refractivity contribution is 0.244. The fourth-order valence-electron chi connectivity index (χ4n) is 3.08. The highest BCUT2D eigenvalue weighted by Gasteiger charge is 2.29. The van der Waals surface area contributed by atoms with Gasteiger partial charge in [-0.1, -0.05) is 18.2 Å². The van der Waals surface area contributed by atoms with Crippen molar-refractivity contribution in [1.29, 1.82) is 0 Å². The Morgan fingerprint density at radius 3 is 2.38 bits per heavy atom. The summed E-state index contributed by atoms with van der Waals surface area (Å²) in [4.78, 5) is 7.18. The van der Waals surface area contributed by atoms with Gasteiger partial charge in [0.2, 0.25) is 0 Å². The van der Waals surface area contributed by atoms with Gasteiger partial charge < -0.3 is 5.73 Å². The lowest BCUT2D eigenvalue weighted by Gasteiger charge is -2.23. The van der Waals surface area contributed by atoms with E-state index < -0.39 is 0 Å². The average molecular weight is 281 g/mol. The van der Waals surface area contributed by atoms with Gasteiger partial charge >= 0.3 is 0 Å². The zero-order valence-electron chi connectivity index (χ0n) is 12.5. The number of nitrogens with two attached hydrogens (primary N) is 1. The monoisotopic (exact) mass is 281 g/mol. The minimum atomic E-state index is 0.699. The Morgan fingerprint density at radius 2 is 1.71 bits per heavy atom. The van der Waals surface area contributed by atoms with Crippen molar-refractivity contribution in [1.82, 2.24) is 9.88 Å². The molecule has 2 aliphatic rings. The van der Waals surface area contributed by atoms with Crippen LogP contribution in [0.3, 0.4) is 0 Å². The zero-order valence-corrected chi connectivity index (χ0v) is 12.5. The quantitative estimate of drug-likeness (QED) is 0.882. The molecule has 3 nitrogen and oxygen atoms in total. The van der Waals surface area contributed by atoms with Crippen molar-refractivity contribution in [3.05, 3.63) is 35.9 Å². The van der Waals surface area contributed by atoms with Crippen molar-refractivity contribution in [2.45, 2.75) is 32.2 Å². The first-order chi connectivity index (χ1) is 10.3. The van der Waals surface area contributed by atoms with Gasteiger partial charge in [-0.25, -0.2) is 4.98 Å². The van der Waals surface area contributed by atoms with Crippen LogP contribution in [0.25, 0.3) is 10.9 Å². The number of hydrogen-bond donors (Lipinski definition) is 1. The molecule has 1 aromatic heterocycles. The third-order valence-electron chi connectivity index (χ3n) is 4.66. The highest BCUT2D eigenvalue weighted by Crippen LogP contribution is 2.34. The van der Waals surface area contributed by atoms with E-state index in [1.165, 1.54) is 49.7 Å². The maximum atomic E-state index is 6.19. The molecule has 0 radical (unpaired) electrons. The molecule has 2 aliphatic carbocycles. The van der Waals surface area contributed by atoms with E-state index >= 15 is 0 Å². The summed E-state index contributed by atoms with van der Waals surface area (Å²) in [6.45, 7) is 3.43. The Kier molecular flexibility index (Phi) is 3.30. The Balaban J connectivity index is 1.56. The number of nitrogen functional groups attached to an aromatic ring is 1. The van der Waals surface area contributed by atoms with Crippen LogP contribution in [-0.2, 0) is 6.54 Å². The largest absolute Gasteiger partial charge is 0.383 e. The Hall–Kier alpha value is -1.61. The van der Waals surface area contributed by atoms with Crippen molar-refractivity contribution in [3.63, 3.8) is 0 Å². The lowest BCUT2D eigenvalue weighted by Crippen LogP contribution is -2.28. The van der Waals surface area contributed by atoms with E-state index in [-0.39, 0.29) is 0 Å². The molecule has 1 heterocycles. The number of para-hydroxylation sites is 1. The highest BCUT2D eigenvalue weighted by atomic mass is 15.1. The van der Waals surface area contributed by atoms with Gasteiger partial charge in [0, 0.05) is 30.6 Å². The Morgan fingerprint density at radius 1 is 1.05 bits per heavy atom. The number of anilines is 1. The molecule has 2 saturated carbocycles. The third-order valence-corrected chi connectivity index (χ3v) is 4.66. The van der Waals surface area contributed by atoms with Crippen LogP contribution in [0.4, 0.5) is 5.82 Å². The summed E-state index contributed by atoms with van der Waals surface area (Å²) in [7, 11) is 0. The second-order valence-corrected chi connectivity index (χ2v) is 6.81. The van der Waals surface area contributed by atoms with Crippen LogP contribution in [0.1, 0.15) is 31.2 Å². The molecule has 0 aliphatic heterocycles. The van der Waals surface area contributed by atoms with E-state index in [4.69, 9.17) is 5.73 Å². The average Bonchev–Trinajstić information content (AvgIpc) is 3.36. The molecular formula is C18H23N3. The zero-order chi connectivity index (χ0) is 14.2. The summed E-state index contributed by atoms with van der Waals surface area (Å²) >= 11 is 0. The fourth-order valence-corrected chi connectivity index (χ4v) is 3.08. The van der Waals surface area contributed by atoms with Crippen molar-refractivity contribution in [3.8, 4) is 0 Å². The molecule has 2 fully saturated rings. The van der Waals surface area contributed by atoms with Gasteiger partial charge in [0.1, 0.15) is 5.82 Å². The molecule has 1 aromatic carbocycles. The molecule has 110 valence electrons. The molecule has 2 N–H and O–H groups in total. The summed E-state index contributed by atoms with van der Waals surface area (Å²) in [6.07, 6.45) is 5.64. The summed E-state index contributed by atoms with van der Waals surface area (Å²) in [5.41, 5.74) is 8.37. The minimum absolute atomic E-state index is 0.699. The highest BCUT2D eigenvalue weighted by molar-refractivity contribution is 5.81. The number of fused-ring (bicyclic) bond motifs is 1. The molecule has 2 aromatic rings. The van der Waals surface area contributed by atoms with E-state index in [0.717, 1.165) is 23.9 Å². The summed E-state index contributed by atoms with van der Waals surface area (Å²) in [5, 5.41) is 1.19. The summed E-state index contributed by atoms with van der Waals surface area (Å²) < 4.78 is 0. The van der Waals surface area contributed by atoms with Crippen molar-refractivity contribution in [2.75, 3.05) is 18.8 Å². The van der Waals surface area contributed by atoms with Gasteiger partial charge in [-0.2, -0.15) is 0 Å². The van der Waals surface area contributed by atoms with E-state index in [1.54, 1.807) is 0 Å². The van der Waals surface area contributed by atoms with Crippen molar-refractivity contribution < 1.29 is 0 Å². The minimum Gasteiger partial charge on any atom is -0.383 e. The molecule has 0 bridgehead atoms. The van der Waals surface area contributed by atoms with Gasteiger partial charge in [-0.05, 0) is 49.7 Å². The first kappa shape index (κ1) is 13.1. The van der Waals surface area contributed by atoms with Crippen molar-refractivity contribution in [2.24, 2.45) is 11.8 Å². The van der Waals surface area contributed by atoms with E-state index in [0.29, 0.717) is 5.82 Å². The predicted octanol–water partition coefficient (Wildman–Crippen LogP) is 3.44. The molecule has 0 spiro atoms. The number of rotatable bonds is 6. The summed E-state index contributed by atoms with van der Waals surface area (Å²) in [5.74, 6) is 2.56. The molecule has 0 amide bonds. The Bertz CT molecular complexity index is 630. The second-order valence-electron chi connectivity index (χ2n) is 6.81. The smallest absolute Gasteiger partial charge is 0.128 e. The van der Waals surface area contributed by atoms with Crippen LogP contribution in [0, 0.1) is 11.8 Å². The van der Waals surface area contributed by atoms with Crippen LogP contribution in [0.2, 0.25) is 0 Å². The van der Waals surface area contributed by atoms with Crippen molar-refractivity contribution >= 4 is 16.7 Å². The number of nitrogens with zero attached hydrogens (tertiary/aromatic N) is 2. The molecule has 21 heavy (non-hydrogen) atoms. The first-order valence-corrected chi connectivity index (χ1v) is 8.14. The molecule has 0 unspecified atom stereocenters. The van der Waals surface area contributed by atoms with Crippen LogP contribution in [0.15, 0.2) is 30.3 Å². The topological polar surface area (TPSA) is 42.1 Å². The van der Waals surface area contributed by atoms with Crippen LogP contribution in [0.5, 0.6) is 0 Å². The number of hydrogen-bond acceptors (Lipinski definition) is 3. The van der Waals surface area contributed by atoms with Crippen LogP contribution >= 0.6 is 0 Å². The molecular weight excluding hydrogens is 258 g/mol. The van der Waals surface area contributed by atoms with E-state index in [2.05, 4.69) is 28.1 Å². The molecule has 0 saturated heterocycles.